The largest absolute Gasteiger partial charge is 0.398 e. The Kier molecular flexibility index (Phi) is 4.46. The van der Waals surface area contributed by atoms with Crippen LogP contribution in [0.5, 0.6) is 0 Å². The Bertz CT molecular complexity index is 805. The summed E-state index contributed by atoms with van der Waals surface area (Å²) in [7, 11) is -3.57. The highest BCUT2D eigenvalue weighted by Gasteiger charge is 2.19. The Balaban J connectivity index is 2.42. The molecule has 112 valence electrons. The molecule has 0 saturated heterocycles. The molecule has 0 atom stereocenters. The Morgan fingerprint density at radius 1 is 1.19 bits per heavy atom. The van der Waals surface area contributed by atoms with Crippen LogP contribution >= 0.6 is 23.2 Å². The number of halogens is 2. The van der Waals surface area contributed by atoms with Crippen LogP contribution in [0.25, 0.3) is 0 Å². The summed E-state index contributed by atoms with van der Waals surface area (Å²) in [6.45, 7) is 3.58. The van der Waals surface area contributed by atoms with E-state index in [9.17, 15) is 8.42 Å². The van der Waals surface area contributed by atoms with Crippen molar-refractivity contribution in [3.63, 3.8) is 0 Å². The minimum atomic E-state index is -3.57. The third-order valence-electron chi connectivity index (χ3n) is 3.25. The lowest BCUT2D eigenvalue weighted by molar-refractivity contribution is 0.594. The van der Waals surface area contributed by atoms with Gasteiger partial charge in [0.05, 0.1) is 26.4 Å². The number of hydrogen-bond acceptors (Lipinski definition) is 4. The molecule has 2 rings (SSSR count). The van der Waals surface area contributed by atoms with Crippen molar-refractivity contribution in [2.45, 2.75) is 24.5 Å². The second-order valence-electron chi connectivity index (χ2n) is 4.76. The molecule has 2 N–H and O–H groups in total. The van der Waals surface area contributed by atoms with Gasteiger partial charge in [0.15, 0.2) is 9.84 Å². The third kappa shape index (κ3) is 3.31. The summed E-state index contributed by atoms with van der Waals surface area (Å²) >= 11 is 11.7. The highest BCUT2D eigenvalue weighted by molar-refractivity contribution is 7.90. The molecule has 0 bridgehead atoms. The van der Waals surface area contributed by atoms with Crippen molar-refractivity contribution < 1.29 is 8.42 Å². The highest BCUT2D eigenvalue weighted by Crippen LogP contribution is 2.27. The van der Waals surface area contributed by atoms with Crippen LogP contribution in [0, 0.1) is 13.8 Å². The standard InChI is InChI=1S/C14H14Cl2N2O2S/c1-8-6-18-13(9(2)14(8)17)7-21(19,20)10-3-4-11(15)12(16)5-10/h3-6H,7H2,1-2H3,(H2,17,18). The van der Waals surface area contributed by atoms with Crippen LogP contribution in [0.3, 0.4) is 0 Å². The van der Waals surface area contributed by atoms with Gasteiger partial charge in [-0.2, -0.15) is 0 Å². The second kappa shape index (κ2) is 5.83. The molecule has 4 nitrogen and oxygen atoms in total. The van der Waals surface area contributed by atoms with E-state index < -0.39 is 9.84 Å². The molecule has 2 aromatic rings. The fraction of sp³-hybridized carbons (Fsp3) is 0.214. The molecule has 1 heterocycles. The topological polar surface area (TPSA) is 73.0 Å². The molecule has 7 heteroatoms. The van der Waals surface area contributed by atoms with E-state index in [-0.39, 0.29) is 15.7 Å². The first-order chi connectivity index (χ1) is 9.72. The molecule has 0 aliphatic rings. The molecule has 21 heavy (non-hydrogen) atoms. The van der Waals surface area contributed by atoms with Crippen LogP contribution in [0.1, 0.15) is 16.8 Å². The molecule has 0 spiro atoms. The number of aromatic nitrogens is 1. The highest BCUT2D eigenvalue weighted by atomic mass is 35.5. The Morgan fingerprint density at radius 2 is 1.86 bits per heavy atom. The van der Waals surface area contributed by atoms with Gasteiger partial charge in [0.25, 0.3) is 0 Å². The number of anilines is 1. The minimum Gasteiger partial charge on any atom is -0.398 e. The van der Waals surface area contributed by atoms with E-state index in [0.717, 1.165) is 5.56 Å². The maximum absolute atomic E-state index is 12.4. The monoisotopic (exact) mass is 344 g/mol. The molecule has 0 fully saturated rings. The first kappa shape index (κ1) is 16.1. The summed E-state index contributed by atoms with van der Waals surface area (Å²) in [5.74, 6) is -0.235. The molecular weight excluding hydrogens is 331 g/mol. The lowest BCUT2D eigenvalue weighted by Gasteiger charge is -2.11. The van der Waals surface area contributed by atoms with Crippen LogP contribution in [0.4, 0.5) is 5.69 Å². The summed E-state index contributed by atoms with van der Waals surface area (Å²) in [5.41, 5.74) is 8.41. The molecule has 0 aliphatic carbocycles. The van der Waals surface area contributed by atoms with E-state index in [1.807, 2.05) is 6.92 Å². The van der Waals surface area contributed by atoms with Crippen molar-refractivity contribution in [1.82, 2.24) is 4.98 Å². The Labute approximate surface area is 133 Å². The number of sulfone groups is 1. The fourth-order valence-electron chi connectivity index (χ4n) is 1.87. The second-order valence-corrected chi connectivity index (χ2v) is 7.57. The van der Waals surface area contributed by atoms with Crippen molar-refractivity contribution in [2.24, 2.45) is 0 Å². The number of nitrogens with zero attached hydrogens (tertiary/aromatic N) is 1. The molecular formula is C14H14Cl2N2O2S. The SMILES string of the molecule is Cc1cnc(CS(=O)(=O)c2ccc(Cl)c(Cl)c2)c(C)c1N. The molecule has 0 radical (unpaired) electrons. The number of benzene rings is 1. The smallest absolute Gasteiger partial charge is 0.184 e. The molecule has 0 amide bonds. The average Bonchev–Trinajstić information content (AvgIpc) is 2.42. The van der Waals surface area contributed by atoms with Crippen molar-refractivity contribution in [3.8, 4) is 0 Å². The van der Waals surface area contributed by atoms with Gasteiger partial charge in [-0.25, -0.2) is 8.42 Å². The van der Waals surface area contributed by atoms with Gasteiger partial charge in [-0.05, 0) is 43.2 Å². The van der Waals surface area contributed by atoms with E-state index >= 15 is 0 Å². The summed E-state index contributed by atoms with van der Waals surface area (Å²) in [5, 5.41) is 0.510. The van der Waals surface area contributed by atoms with Gasteiger partial charge in [-0.3, -0.25) is 4.98 Å². The van der Waals surface area contributed by atoms with Gasteiger partial charge in [-0.1, -0.05) is 23.2 Å². The molecule has 1 aromatic heterocycles. The average molecular weight is 345 g/mol. The minimum absolute atomic E-state index is 0.109. The molecule has 1 aromatic carbocycles. The van der Waals surface area contributed by atoms with Crippen molar-refractivity contribution in [2.75, 3.05) is 5.73 Å². The Morgan fingerprint density at radius 3 is 2.48 bits per heavy atom. The maximum atomic E-state index is 12.4. The lowest BCUT2D eigenvalue weighted by atomic mass is 10.1. The van der Waals surface area contributed by atoms with Gasteiger partial charge >= 0.3 is 0 Å². The third-order valence-corrected chi connectivity index (χ3v) is 5.62. The zero-order chi connectivity index (χ0) is 15.8. The van der Waals surface area contributed by atoms with Gasteiger partial charge in [0.1, 0.15) is 0 Å². The quantitative estimate of drug-likeness (QED) is 0.923. The van der Waals surface area contributed by atoms with E-state index in [1.165, 1.54) is 18.2 Å². The van der Waals surface area contributed by atoms with Gasteiger partial charge in [0.2, 0.25) is 0 Å². The maximum Gasteiger partial charge on any atom is 0.184 e. The van der Waals surface area contributed by atoms with Crippen LogP contribution in [-0.2, 0) is 15.6 Å². The van der Waals surface area contributed by atoms with Gasteiger partial charge < -0.3 is 5.73 Å². The summed E-state index contributed by atoms with van der Waals surface area (Å²) in [6, 6.07) is 4.23. The van der Waals surface area contributed by atoms with E-state index in [0.29, 0.717) is 22.0 Å². The number of nitrogens with two attached hydrogens (primary N) is 1. The predicted molar refractivity (Wildman–Crippen MR) is 85.5 cm³/mol. The van der Waals surface area contributed by atoms with Crippen LogP contribution < -0.4 is 5.73 Å². The number of nitrogen functional groups attached to an aromatic ring is 1. The van der Waals surface area contributed by atoms with Crippen LogP contribution in [0.15, 0.2) is 29.3 Å². The number of pyridine rings is 1. The summed E-state index contributed by atoms with van der Waals surface area (Å²) < 4.78 is 24.9. The number of aryl methyl sites for hydroxylation is 1. The first-order valence-corrected chi connectivity index (χ1v) is 8.51. The van der Waals surface area contributed by atoms with Crippen LogP contribution in [0.2, 0.25) is 10.0 Å². The molecule has 0 saturated carbocycles. The first-order valence-electron chi connectivity index (χ1n) is 6.10. The van der Waals surface area contributed by atoms with Crippen LogP contribution in [-0.4, -0.2) is 13.4 Å². The normalized spacial score (nSPS) is 11.6. The molecule has 0 aliphatic heterocycles. The number of rotatable bonds is 3. The zero-order valence-electron chi connectivity index (χ0n) is 11.5. The zero-order valence-corrected chi connectivity index (χ0v) is 13.9. The Hall–Kier alpha value is -1.30. The summed E-state index contributed by atoms with van der Waals surface area (Å²) in [4.78, 5) is 4.28. The van der Waals surface area contributed by atoms with E-state index in [1.54, 1.807) is 13.1 Å². The van der Waals surface area contributed by atoms with Crippen molar-refractivity contribution >= 4 is 38.7 Å². The van der Waals surface area contributed by atoms with E-state index in [4.69, 9.17) is 28.9 Å². The fourth-order valence-corrected chi connectivity index (χ4v) is 3.62. The predicted octanol–water partition coefficient (Wildman–Crippen LogP) is 3.56. The molecule has 0 unspecified atom stereocenters. The van der Waals surface area contributed by atoms with Crippen molar-refractivity contribution in [3.05, 3.63) is 51.3 Å². The number of hydrogen-bond donors (Lipinski definition) is 1. The van der Waals surface area contributed by atoms with Crippen molar-refractivity contribution in [1.29, 1.82) is 0 Å². The lowest BCUT2D eigenvalue weighted by Crippen LogP contribution is -2.10. The van der Waals surface area contributed by atoms with Gasteiger partial charge in [-0.15, -0.1) is 0 Å². The summed E-state index contributed by atoms with van der Waals surface area (Å²) in [6.07, 6.45) is 1.57. The van der Waals surface area contributed by atoms with E-state index in [2.05, 4.69) is 4.98 Å². The van der Waals surface area contributed by atoms with Gasteiger partial charge in [0, 0.05) is 11.9 Å².